The van der Waals surface area contributed by atoms with Gasteiger partial charge in [0.15, 0.2) is 16.8 Å². The Morgan fingerprint density at radius 2 is 1.28 bits per heavy atom. The molecular formula is C28H24N2O6. The Morgan fingerprint density at radius 3 is 1.83 bits per heavy atom. The largest absolute Gasteiger partial charge is 0.508 e. The first-order chi connectivity index (χ1) is 17.0. The van der Waals surface area contributed by atoms with E-state index in [1.807, 2.05) is 6.92 Å². The van der Waals surface area contributed by atoms with E-state index in [-0.39, 0.29) is 39.8 Å². The van der Waals surface area contributed by atoms with Crippen molar-refractivity contribution in [2.45, 2.75) is 27.7 Å². The monoisotopic (exact) mass is 484 g/mol. The van der Waals surface area contributed by atoms with Crippen LogP contribution >= 0.6 is 0 Å². The quantitative estimate of drug-likeness (QED) is 0.168. The van der Waals surface area contributed by atoms with Crippen LogP contribution < -0.4 is 11.2 Å². The van der Waals surface area contributed by atoms with Crippen molar-refractivity contribution in [3.05, 3.63) is 68.9 Å². The third kappa shape index (κ3) is 3.38. The van der Waals surface area contributed by atoms with Crippen LogP contribution in [0, 0.1) is 27.7 Å². The van der Waals surface area contributed by atoms with Gasteiger partial charge in [-0.3, -0.25) is 4.79 Å². The molecular weight excluding hydrogens is 460 g/mol. The fourth-order valence-corrected chi connectivity index (χ4v) is 5.01. The van der Waals surface area contributed by atoms with Crippen LogP contribution in [-0.2, 0) is 0 Å². The number of phenolic OH excluding ortho intramolecular Hbond substituents is 4. The van der Waals surface area contributed by atoms with Crippen LogP contribution in [-0.4, -0.2) is 25.4 Å². The van der Waals surface area contributed by atoms with E-state index in [2.05, 4.69) is 0 Å². The van der Waals surface area contributed by atoms with Gasteiger partial charge in [0, 0.05) is 52.2 Å². The number of nitrogen functional groups attached to an aromatic ring is 1. The van der Waals surface area contributed by atoms with Crippen molar-refractivity contribution >= 4 is 16.8 Å². The molecule has 2 aliphatic rings. The van der Waals surface area contributed by atoms with E-state index in [4.69, 9.17) is 15.1 Å². The first-order valence-corrected chi connectivity index (χ1v) is 11.2. The van der Waals surface area contributed by atoms with Gasteiger partial charge in [-0.1, -0.05) is 0 Å². The first kappa shape index (κ1) is 23.0. The van der Waals surface area contributed by atoms with E-state index < -0.39 is 0 Å². The van der Waals surface area contributed by atoms with Crippen molar-refractivity contribution in [3.8, 4) is 56.7 Å². The zero-order valence-corrected chi connectivity index (χ0v) is 20.1. The Balaban J connectivity index is 1.85. The molecule has 36 heavy (non-hydrogen) atoms. The SMILES string of the molecule is Cc1cc(O)cc(O)c1-c1c(N)cc2oc3cc(=O)c(-c4c(C)cc(O)cc4O)c(C)c-3nc2c1C. The Labute approximate surface area is 205 Å². The molecule has 1 aliphatic heterocycles. The number of aryl methyl sites for hydroxylation is 3. The third-order valence-corrected chi connectivity index (χ3v) is 6.55. The second kappa shape index (κ2) is 7.91. The Kier molecular flexibility index (Phi) is 5.06. The van der Waals surface area contributed by atoms with Gasteiger partial charge in [0.1, 0.15) is 34.2 Å². The molecule has 182 valence electrons. The second-order valence-electron chi connectivity index (χ2n) is 9.06. The second-order valence-corrected chi connectivity index (χ2v) is 9.06. The van der Waals surface area contributed by atoms with E-state index in [0.29, 0.717) is 61.4 Å². The highest BCUT2D eigenvalue weighted by molar-refractivity contribution is 5.96. The zero-order chi connectivity index (χ0) is 26.0. The van der Waals surface area contributed by atoms with E-state index in [1.54, 1.807) is 26.8 Å². The fourth-order valence-electron chi connectivity index (χ4n) is 5.01. The lowest BCUT2D eigenvalue weighted by atomic mass is 9.91. The number of fused-ring (bicyclic) bond motifs is 2. The van der Waals surface area contributed by atoms with E-state index in [1.165, 1.54) is 30.3 Å². The summed E-state index contributed by atoms with van der Waals surface area (Å²) in [5.74, 6) is -0.234. The summed E-state index contributed by atoms with van der Waals surface area (Å²) in [6.45, 7) is 6.99. The molecule has 0 bridgehead atoms. The molecule has 3 aromatic carbocycles. The molecule has 1 heterocycles. The Bertz CT molecular complexity index is 1710. The third-order valence-electron chi connectivity index (χ3n) is 6.55. The summed E-state index contributed by atoms with van der Waals surface area (Å²) in [6, 6.07) is 8.37. The summed E-state index contributed by atoms with van der Waals surface area (Å²) < 4.78 is 6.06. The summed E-state index contributed by atoms with van der Waals surface area (Å²) >= 11 is 0. The number of benzene rings is 4. The maximum Gasteiger partial charge on any atom is 0.190 e. The van der Waals surface area contributed by atoms with Gasteiger partial charge >= 0.3 is 0 Å². The van der Waals surface area contributed by atoms with Crippen molar-refractivity contribution in [1.82, 2.24) is 4.98 Å². The fraction of sp³-hybridized carbons (Fsp3) is 0.143. The average molecular weight is 485 g/mol. The molecule has 0 radical (unpaired) electrons. The number of aromatic hydroxyl groups is 4. The molecule has 0 saturated heterocycles. The summed E-state index contributed by atoms with van der Waals surface area (Å²) in [7, 11) is 0. The highest BCUT2D eigenvalue weighted by Gasteiger charge is 2.25. The minimum atomic E-state index is -0.361. The predicted octanol–water partition coefficient (Wildman–Crippen LogP) is 5.27. The molecule has 5 rings (SSSR count). The van der Waals surface area contributed by atoms with Crippen molar-refractivity contribution < 1.29 is 24.8 Å². The van der Waals surface area contributed by atoms with Crippen LogP contribution in [0.15, 0.2) is 45.6 Å². The molecule has 0 saturated carbocycles. The highest BCUT2D eigenvalue weighted by atomic mass is 16.3. The van der Waals surface area contributed by atoms with E-state index in [0.717, 1.165) is 0 Å². The molecule has 0 spiro atoms. The summed E-state index contributed by atoms with van der Waals surface area (Å²) in [5, 5.41) is 40.8. The lowest BCUT2D eigenvalue weighted by molar-refractivity contribution is 0.450. The Hall–Kier alpha value is -4.72. The van der Waals surface area contributed by atoms with Crippen LogP contribution in [0.3, 0.4) is 0 Å². The maximum atomic E-state index is 13.1. The van der Waals surface area contributed by atoms with Crippen molar-refractivity contribution in [2.75, 3.05) is 5.73 Å². The van der Waals surface area contributed by atoms with Crippen molar-refractivity contribution in [3.63, 3.8) is 0 Å². The maximum absolute atomic E-state index is 13.1. The van der Waals surface area contributed by atoms with E-state index in [9.17, 15) is 25.2 Å². The van der Waals surface area contributed by atoms with Crippen LogP contribution in [0.1, 0.15) is 22.3 Å². The van der Waals surface area contributed by atoms with Crippen LogP contribution in [0.2, 0.25) is 0 Å². The van der Waals surface area contributed by atoms with Gasteiger partial charge in [-0.15, -0.1) is 0 Å². The van der Waals surface area contributed by atoms with Crippen molar-refractivity contribution in [1.29, 1.82) is 0 Å². The molecule has 0 aromatic heterocycles. The molecule has 1 aliphatic carbocycles. The highest BCUT2D eigenvalue weighted by Crippen LogP contribution is 2.44. The number of hydrogen-bond acceptors (Lipinski definition) is 8. The molecule has 0 unspecified atom stereocenters. The van der Waals surface area contributed by atoms with Gasteiger partial charge in [0.2, 0.25) is 0 Å². The van der Waals surface area contributed by atoms with E-state index >= 15 is 0 Å². The van der Waals surface area contributed by atoms with Crippen LogP contribution in [0.5, 0.6) is 23.0 Å². The molecule has 8 heteroatoms. The minimum Gasteiger partial charge on any atom is -0.508 e. The molecule has 3 aromatic rings. The van der Waals surface area contributed by atoms with Crippen LogP contribution in [0.25, 0.3) is 44.8 Å². The molecule has 0 amide bonds. The van der Waals surface area contributed by atoms with Gasteiger partial charge in [-0.25, -0.2) is 4.98 Å². The Morgan fingerprint density at radius 1 is 0.722 bits per heavy atom. The summed E-state index contributed by atoms with van der Waals surface area (Å²) in [5.41, 5.74) is 11.6. The average Bonchev–Trinajstić information content (AvgIpc) is 2.76. The number of rotatable bonds is 2. The van der Waals surface area contributed by atoms with Crippen LogP contribution in [0.4, 0.5) is 5.69 Å². The zero-order valence-electron chi connectivity index (χ0n) is 20.1. The number of hydrogen-bond donors (Lipinski definition) is 5. The molecule has 0 atom stereocenters. The normalized spacial score (nSPS) is 11.4. The number of anilines is 1. The lowest BCUT2D eigenvalue weighted by Gasteiger charge is -2.19. The molecule has 8 nitrogen and oxygen atoms in total. The number of nitrogens with zero attached hydrogens (tertiary/aromatic N) is 1. The topological polar surface area (TPSA) is 150 Å². The molecule has 6 N–H and O–H groups in total. The van der Waals surface area contributed by atoms with Gasteiger partial charge in [0.05, 0.1) is 0 Å². The van der Waals surface area contributed by atoms with Crippen molar-refractivity contribution in [2.24, 2.45) is 0 Å². The summed E-state index contributed by atoms with van der Waals surface area (Å²) in [6.07, 6.45) is 0. The van der Waals surface area contributed by atoms with Gasteiger partial charge in [-0.05, 0) is 62.1 Å². The van der Waals surface area contributed by atoms with Gasteiger partial charge in [-0.2, -0.15) is 0 Å². The number of nitrogens with two attached hydrogens (primary N) is 1. The minimum absolute atomic E-state index is 0.0609. The smallest absolute Gasteiger partial charge is 0.190 e. The van der Waals surface area contributed by atoms with Gasteiger partial charge < -0.3 is 30.6 Å². The van der Waals surface area contributed by atoms with Gasteiger partial charge in [0.25, 0.3) is 0 Å². The standard InChI is InChI=1S/C28H24N2O6/c1-11-5-15(31)7-18(33)23(11)25-13(3)27-21(9-17(25)29)36-22-10-20(35)26(14(4)28(22)30-27)24-12(2)6-16(32)8-19(24)34/h5-10,31-34H,29H2,1-4H3. The lowest BCUT2D eigenvalue weighted by Crippen LogP contribution is -2.11. The summed E-state index contributed by atoms with van der Waals surface area (Å²) in [4.78, 5) is 18.0. The number of phenols is 4. The predicted molar refractivity (Wildman–Crippen MR) is 138 cm³/mol. The first-order valence-electron chi connectivity index (χ1n) is 11.2. The number of aromatic nitrogens is 1. The molecule has 0 fully saturated rings.